The molecule has 0 heterocycles. The molecule has 0 spiro atoms. The van der Waals surface area contributed by atoms with Crippen molar-refractivity contribution in [1.82, 2.24) is 10.2 Å². The van der Waals surface area contributed by atoms with E-state index >= 15 is 0 Å². The Labute approximate surface area is 145 Å². The molecule has 124 valence electrons. The highest BCUT2D eigenvalue weighted by Gasteiger charge is 2.05. The minimum atomic E-state index is -0.728. The predicted molar refractivity (Wildman–Crippen MR) is 94.6 cm³/mol. The lowest BCUT2D eigenvalue weighted by molar-refractivity contribution is 0.0415. The Hall–Kier alpha value is -1.02. The van der Waals surface area contributed by atoms with E-state index in [4.69, 9.17) is 9.57 Å². The number of benzene rings is 1. The summed E-state index contributed by atoms with van der Waals surface area (Å²) in [5, 5.41) is 3.23. The highest BCUT2D eigenvalue weighted by Crippen LogP contribution is 2.24. The molecule has 22 heavy (non-hydrogen) atoms. The molecule has 0 saturated carbocycles. The van der Waals surface area contributed by atoms with Crippen molar-refractivity contribution in [1.29, 1.82) is 0 Å². The van der Waals surface area contributed by atoms with Crippen LogP contribution < -0.4 is 10.2 Å². The number of halogens is 1. The largest absolute Gasteiger partial charge is 0.528 e. The Balaban J connectivity index is 0.00000211. The van der Waals surface area contributed by atoms with Crippen LogP contribution in [-0.4, -0.2) is 25.3 Å². The van der Waals surface area contributed by atoms with E-state index in [1.54, 1.807) is 0 Å². The van der Waals surface area contributed by atoms with E-state index < -0.39 is 6.16 Å². The van der Waals surface area contributed by atoms with Gasteiger partial charge in [0.05, 0.1) is 6.61 Å². The monoisotopic (exact) mass is 390 g/mol. The summed E-state index contributed by atoms with van der Waals surface area (Å²) >= 11 is 4.59. The number of hydrogen-bond donors (Lipinski definition) is 2. The Morgan fingerprint density at radius 3 is 2.68 bits per heavy atom. The molecular formula is C15H23BrN2O3S. The third kappa shape index (κ3) is 10.7. The molecule has 0 aromatic heterocycles. The fourth-order valence-electron chi connectivity index (χ4n) is 1.28. The quantitative estimate of drug-likeness (QED) is 0.227. The smallest absolute Gasteiger partial charge is 0.433 e. The van der Waals surface area contributed by atoms with Gasteiger partial charge in [-0.3, -0.25) is 0 Å². The first kappa shape index (κ1) is 21.0. The van der Waals surface area contributed by atoms with E-state index in [-0.39, 0.29) is 0 Å². The Bertz CT molecular complexity index is 433. The minimum Gasteiger partial charge on any atom is -0.433 e. The topological polar surface area (TPSA) is 59.6 Å². The number of hydrogen-bond acceptors (Lipinski definition) is 6. The van der Waals surface area contributed by atoms with Crippen molar-refractivity contribution < 1.29 is 14.4 Å². The van der Waals surface area contributed by atoms with Gasteiger partial charge >= 0.3 is 6.16 Å². The van der Waals surface area contributed by atoms with Crippen LogP contribution in [0.4, 0.5) is 4.79 Å². The van der Waals surface area contributed by atoms with E-state index in [1.807, 2.05) is 24.3 Å². The molecule has 0 aliphatic rings. The predicted octanol–water partition coefficient (Wildman–Crippen LogP) is 4.30. The maximum Gasteiger partial charge on any atom is 0.528 e. The van der Waals surface area contributed by atoms with Crippen LogP contribution in [-0.2, 0) is 9.57 Å². The maximum atomic E-state index is 11.3. The van der Waals surface area contributed by atoms with Crippen molar-refractivity contribution in [2.24, 2.45) is 0 Å². The molecule has 0 unspecified atom stereocenters. The molecule has 2 N–H and O–H groups in total. The Kier molecular flexibility index (Phi) is 13.0. The summed E-state index contributed by atoms with van der Waals surface area (Å²) in [7, 11) is 0. The minimum absolute atomic E-state index is 0.333. The number of ether oxygens (including phenoxy) is 1. The van der Waals surface area contributed by atoms with Crippen LogP contribution >= 0.6 is 27.9 Å². The lowest BCUT2D eigenvalue weighted by atomic mass is 10.3. The molecule has 0 bridgehead atoms. The Morgan fingerprint density at radius 1 is 1.36 bits per heavy atom. The molecule has 0 aliphatic carbocycles. The first-order valence-electron chi connectivity index (χ1n) is 6.83. The molecule has 1 aromatic carbocycles. The van der Waals surface area contributed by atoms with Gasteiger partial charge in [0.15, 0.2) is 0 Å². The van der Waals surface area contributed by atoms with Gasteiger partial charge < -0.3 is 14.9 Å². The third-order valence-corrected chi connectivity index (χ3v) is 3.90. The number of rotatable bonds is 8. The molecule has 0 saturated heterocycles. The standard InChI is InChI=1S/C13H19BrN2O3S.C2H4/c1-10(2)15-8-5-9-18-13(17)19-16-20-12-7-4-3-6-11(12)14;1-2/h3-4,6-7,10,15-16H,5,8-9H2,1-2H3;1-2H2. The van der Waals surface area contributed by atoms with Gasteiger partial charge in [0.1, 0.15) is 0 Å². The zero-order valence-electron chi connectivity index (χ0n) is 12.9. The van der Waals surface area contributed by atoms with Crippen molar-refractivity contribution >= 4 is 34.0 Å². The molecule has 0 fully saturated rings. The summed E-state index contributed by atoms with van der Waals surface area (Å²) in [6.07, 6.45) is 0.0269. The first-order valence-corrected chi connectivity index (χ1v) is 8.44. The van der Waals surface area contributed by atoms with E-state index in [1.165, 1.54) is 11.9 Å². The molecule has 1 aromatic rings. The summed E-state index contributed by atoms with van der Waals surface area (Å²) in [6.45, 7) is 11.3. The number of nitrogens with one attached hydrogen (secondary N) is 2. The average molecular weight is 391 g/mol. The van der Waals surface area contributed by atoms with Gasteiger partial charge in [-0.25, -0.2) is 4.79 Å². The molecule has 5 nitrogen and oxygen atoms in total. The lowest BCUT2D eigenvalue weighted by Gasteiger charge is -2.09. The van der Waals surface area contributed by atoms with E-state index in [9.17, 15) is 4.79 Å². The van der Waals surface area contributed by atoms with Gasteiger partial charge in [-0.1, -0.05) is 30.9 Å². The third-order valence-electron chi connectivity index (χ3n) is 2.21. The molecule has 0 aliphatic heterocycles. The number of carbonyl (C=O) groups excluding carboxylic acids is 1. The van der Waals surface area contributed by atoms with Crippen LogP contribution in [0.2, 0.25) is 0 Å². The zero-order chi connectivity index (χ0) is 16.8. The van der Waals surface area contributed by atoms with Gasteiger partial charge in [0, 0.05) is 15.4 Å². The second-order valence-corrected chi connectivity index (χ2v) is 5.94. The van der Waals surface area contributed by atoms with Gasteiger partial charge in [0.25, 0.3) is 0 Å². The highest BCUT2D eigenvalue weighted by molar-refractivity contribution is 9.10. The zero-order valence-corrected chi connectivity index (χ0v) is 15.3. The fourth-order valence-corrected chi connectivity index (χ4v) is 2.31. The lowest BCUT2D eigenvalue weighted by Crippen LogP contribution is -2.25. The molecule has 0 amide bonds. The van der Waals surface area contributed by atoms with E-state index in [2.05, 4.69) is 53.1 Å². The maximum absolute atomic E-state index is 11.3. The molecule has 0 radical (unpaired) electrons. The molecule has 1 rings (SSSR count). The summed E-state index contributed by atoms with van der Waals surface area (Å²) in [5.74, 6) is 0. The van der Waals surface area contributed by atoms with Crippen molar-refractivity contribution in [2.75, 3.05) is 13.2 Å². The first-order chi connectivity index (χ1) is 10.6. The Morgan fingerprint density at radius 2 is 2.05 bits per heavy atom. The van der Waals surface area contributed by atoms with E-state index in [0.717, 1.165) is 22.3 Å². The molecule has 7 heteroatoms. The SMILES string of the molecule is C=C.CC(C)NCCCOC(=O)ONSc1ccccc1Br. The van der Waals surface area contributed by atoms with Crippen LogP contribution in [0.1, 0.15) is 20.3 Å². The van der Waals surface area contributed by atoms with Crippen molar-refractivity contribution in [3.8, 4) is 0 Å². The second kappa shape index (κ2) is 13.6. The van der Waals surface area contributed by atoms with Crippen LogP contribution in [0.15, 0.2) is 46.8 Å². The van der Waals surface area contributed by atoms with E-state index in [0.29, 0.717) is 12.6 Å². The van der Waals surface area contributed by atoms with Gasteiger partial charge in [-0.2, -0.15) is 0 Å². The summed E-state index contributed by atoms with van der Waals surface area (Å²) in [4.78, 5) is 19.4. The highest BCUT2D eigenvalue weighted by atomic mass is 79.9. The van der Waals surface area contributed by atoms with Crippen LogP contribution in [0.3, 0.4) is 0 Å². The molecular weight excluding hydrogens is 368 g/mol. The average Bonchev–Trinajstić information content (AvgIpc) is 2.50. The van der Waals surface area contributed by atoms with Gasteiger partial charge in [0.2, 0.25) is 0 Å². The van der Waals surface area contributed by atoms with Crippen molar-refractivity contribution in [2.45, 2.75) is 31.2 Å². The van der Waals surface area contributed by atoms with Crippen molar-refractivity contribution in [3.63, 3.8) is 0 Å². The summed E-state index contributed by atoms with van der Waals surface area (Å²) in [5.41, 5.74) is 0. The summed E-state index contributed by atoms with van der Waals surface area (Å²) < 4.78 is 5.83. The normalized spacial score (nSPS) is 9.82. The molecule has 0 atom stereocenters. The second-order valence-electron chi connectivity index (χ2n) is 4.28. The van der Waals surface area contributed by atoms with Crippen LogP contribution in [0.5, 0.6) is 0 Å². The fraction of sp³-hybridized carbons (Fsp3) is 0.400. The van der Waals surface area contributed by atoms with Crippen LogP contribution in [0, 0.1) is 0 Å². The summed E-state index contributed by atoms with van der Waals surface area (Å²) in [6, 6.07) is 8.05. The number of carbonyl (C=O) groups is 1. The van der Waals surface area contributed by atoms with Crippen LogP contribution in [0.25, 0.3) is 0 Å². The van der Waals surface area contributed by atoms with Gasteiger partial charge in [-0.15, -0.1) is 13.2 Å². The van der Waals surface area contributed by atoms with Crippen molar-refractivity contribution in [3.05, 3.63) is 41.9 Å². The van der Waals surface area contributed by atoms with Gasteiger partial charge in [-0.05, 0) is 53.0 Å².